The molecule has 0 aliphatic rings. The topological polar surface area (TPSA) is 55.1 Å². The van der Waals surface area contributed by atoms with Gasteiger partial charge in [-0.1, -0.05) is 23.8 Å². The number of carbonyl (C=O) groups excluding carboxylic acids is 1. The van der Waals surface area contributed by atoms with Gasteiger partial charge in [-0.25, -0.2) is 0 Å². The Bertz CT molecular complexity index is 596. The van der Waals surface area contributed by atoms with Crippen LogP contribution in [0.5, 0.6) is 0 Å². The maximum Gasteiger partial charge on any atom is 0.237 e. The minimum Gasteiger partial charge on any atom is -0.399 e. The second-order valence-corrected chi connectivity index (χ2v) is 6.10. The van der Waals surface area contributed by atoms with Crippen molar-refractivity contribution in [3.8, 4) is 0 Å². The van der Waals surface area contributed by atoms with Gasteiger partial charge in [-0.3, -0.25) is 4.79 Å². The van der Waals surface area contributed by atoms with Gasteiger partial charge < -0.3 is 11.1 Å². The molecule has 4 heteroatoms. The molecule has 1 atom stereocenters. The van der Waals surface area contributed by atoms with Crippen LogP contribution in [0.1, 0.15) is 12.5 Å². The van der Waals surface area contributed by atoms with E-state index in [0.717, 1.165) is 10.6 Å². The Kier molecular flexibility index (Phi) is 4.69. The molecule has 0 aromatic heterocycles. The lowest BCUT2D eigenvalue weighted by Gasteiger charge is -2.12. The first-order valence-corrected chi connectivity index (χ1v) is 7.32. The lowest BCUT2D eigenvalue weighted by molar-refractivity contribution is -0.115. The number of nitrogens with one attached hydrogen (secondary N) is 1. The monoisotopic (exact) mass is 286 g/mol. The fourth-order valence-corrected chi connectivity index (χ4v) is 2.66. The van der Waals surface area contributed by atoms with Crippen LogP contribution in [0, 0.1) is 6.92 Å². The molecule has 0 aliphatic heterocycles. The summed E-state index contributed by atoms with van der Waals surface area (Å²) in [5, 5.41) is 2.73. The number of nitrogen functional groups attached to an aromatic ring is 1. The van der Waals surface area contributed by atoms with Crippen LogP contribution in [0.15, 0.2) is 53.4 Å². The molecule has 0 spiro atoms. The molecule has 104 valence electrons. The molecule has 20 heavy (non-hydrogen) atoms. The highest BCUT2D eigenvalue weighted by atomic mass is 32.2. The third-order valence-electron chi connectivity index (χ3n) is 2.86. The summed E-state index contributed by atoms with van der Waals surface area (Å²) in [5.74, 6) is -0.0127. The summed E-state index contributed by atoms with van der Waals surface area (Å²) in [5.41, 5.74) is 8.44. The molecule has 0 radical (unpaired) electrons. The summed E-state index contributed by atoms with van der Waals surface area (Å²) >= 11 is 1.50. The highest BCUT2D eigenvalue weighted by molar-refractivity contribution is 8.00. The normalized spacial score (nSPS) is 11.9. The van der Waals surface area contributed by atoms with Crippen molar-refractivity contribution in [3.05, 3.63) is 54.1 Å². The standard InChI is InChI=1S/C16H18N2OS/c1-11-6-8-14(9-7-11)18-16(19)12(2)20-15-5-3-4-13(17)10-15/h3-10,12H,17H2,1-2H3,(H,18,19). The van der Waals surface area contributed by atoms with Crippen LogP contribution in [-0.2, 0) is 4.79 Å². The van der Waals surface area contributed by atoms with Gasteiger partial charge in [0, 0.05) is 16.3 Å². The second kappa shape index (κ2) is 6.48. The zero-order valence-electron chi connectivity index (χ0n) is 11.6. The maximum absolute atomic E-state index is 12.1. The summed E-state index contributed by atoms with van der Waals surface area (Å²) < 4.78 is 0. The molecule has 0 aliphatic carbocycles. The Morgan fingerprint density at radius 2 is 1.90 bits per heavy atom. The van der Waals surface area contributed by atoms with Crippen LogP contribution in [0.2, 0.25) is 0 Å². The summed E-state index contributed by atoms with van der Waals surface area (Å²) in [7, 11) is 0. The lowest BCUT2D eigenvalue weighted by atomic mass is 10.2. The second-order valence-electron chi connectivity index (χ2n) is 4.69. The summed E-state index contributed by atoms with van der Waals surface area (Å²) in [6.45, 7) is 3.90. The minimum absolute atomic E-state index is 0.0127. The molecule has 0 bridgehead atoms. The number of hydrogen-bond donors (Lipinski definition) is 2. The molecule has 2 rings (SSSR count). The predicted molar refractivity (Wildman–Crippen MR) is 86.0 cm³/mol. The van der Waals surface area contributed by atoms with Crippen LogP contribution in [0.4, 0.5) is 11.4 Å². The Balaban J connectivity index is 1.96. The number of anilines is 2. The first-order chi connectivity index (χ1) is 9.54. The third-order valence-corrected chi connectivity index (χ3v) is 3.95. The van der Waals surface area contributed by atoms with Crippen LogP contribution >= 0.6 is 11.8 Å². The first-order valence-electron chi connectivity index (χ1n) is 6.44. The van der Waals surface area contributed by atoms with Gasteiger partial charge in [0.1, 0.15) is 0 Å². The molecule has 3 nitrogen and oxygen atoms in total. The van der Waals surface area contributed by atoms with E-state index in [1.807, 2.05) is 62.4 Å². The molecular weight excluding hydrogens is 268 g/mol. The van der Waals surface area contributed by atoms with Crippen LogP contribution in [-0.4, -0.2) is 11.2 Å². The lowest BCUT2D eigenvalue weighted by Crippen LogP contribution is -2.22. The Labute approximate surface area is 123 Å². The summed E-state index contributed by atoms with van der Waals surface area (Å²) in [6.07, 6.45) is 0. The average Bonchev–Trinajstić information content (AvgIpc) is 2.41. The van der Waals surface area contributed by atoms with Crippen molar-refractivity contribution < 1.29 is 4.79 Å². The molecule has 1 unspecified atom stereocenters. The number of benzene rings is 2. The van der Waals surface area contributed by atoms with E-state index < -0.39 is 0 Å². The van der Waals surface area contributed by atoms with Crippen molar-refractivity contribution in [1.82, 2.24) is 0 Å². The van der Waals surface area contributed by atoms with Gasteiger partial charge in [-0.05, 0) is 44.2 Å². The van der Waals surface area contributed by atoms with Gasteiger partial charge in [0.15, 0.2) is 0 Å². The van der Waals surface area contributed by atoms with Gasteiger partial charge in [-0.2, -0.15) is 0 Å². The molecule has 0 fully saturated rings. The van der Waals surface area contributed by atoms with Crippen LogP contribution in [0.25, 0.3) is 0 Å². The molecule has 2 aromatic rings. The number of nitrogens with two attached hydrogens (primary N) is 1. The van der Waals surface area contributed by atoms with Crippen LogP contribution < -0.4 is 11.1 Å². The van der Waals surface area contributed by atoms with E-state index in [4.69, 9.17) is 5.73 Å². The molecule has 0 heterocycles. The summed E-state index contributed by atoms with van der Waals surface area (Å²) in [4.78, 5) is 13.1. The largest absolute Gasteiger partial charge is 0.399 e. The Morgan fingerprint density at radius 1 is 1.20 bits per heavy atom. The number of hydrogen-bond acceptors (Lipinski definition) is 3. The number of rotatable bonds is 4. The van der Waals surface area contributed by atoms with Crippen molar-refractivity contribution >= 4 is 29.0 Å². The average molecular weight is 286 g/mol. The smallest absolute Gasteiger partial charge is 0.237 e. The van der Waals surface area contributed by atoms with Gasteiger partial charge in [0.2, 0.25) is 5.91 Å². The number of amides is 1. The number of aryl methyl sites for hydroxylation is 1. The fraction of sp³-hybridized carbons (Fsp3) is 0.188. The van der Waals surface area contributed by atoms with E-state index in [0.29, 0.717) is 5.69 Å². The first kappa shape index (κ1) is 14.5. The van der Waals surface area contributed by atoms with E-state index in [2.05, 4.69) is 5.32 Å². The highest BCUT2D eigenvalue weighted by Crippen LogP contribution is 2.25. The van der Waals surface area contributed by atoms with E-state index in [1.165, 1.54) is 17.3 Å². The van der Waals surface area contributed by atoms with Gasteiger partial charge in [0.05, 0.1) is 5.25 Å². The molecule has 2 aromatic carbocycles. The van der Waals surface area contributed by atoms with E-state index in [9.17, 15) is 4.79 Å². The molecule has 0 saturated heterocycles. The van der Waals surface area contributed by atoms with Crippen molar-refractivity contribution in [2.24, 2.45) is 0 Å². The SMILES string of the molecule is Cc1ccc(NC(=O)C(C)Sc2cccc(N)c2)cc1. The maximum atomic E-state index is 12.1. The molecule has 1 amide bonds. The van der Waals surface area contributed by atoms with Gasteiger partial charge in [-0.15, -0.1) is 11.8 Å². The Morgan fingerprint density at radius 3 is 2.55 bits per heavy atom. The third kappa shape index (κ3) is 4.03. The predicted octanol–water partition coefficient (Wildman–Crippen LogP) is 3.70. The van der Waals surface area contributed by atoms with E-state index in [-0.39, 0.29) is 11.2 Å². The van der Waals surface area contributed by atoms with Crippen molar-refractivity contribution in [3.63, 3.8) is 0 Å². The van der Waals surface area contributed by atoms with Gasteiger partial charge in [0.25, 0.3) is 0 Å². The zero-order chi connectivity index (χ0) is 14.5. The summed E-state index contributed by atoms with van der Waals surface area (Å²) in [6, 6.07) is 15.3. The van der Waals surface area contributed by atoms with E-state index in [1.54, 1.807) is 0 Å². The van der Waals surface area contributed by atoms with Crippen molar-refractivity contribution in [2.75, 3.05) is 11.1 Å². The van der Waals surface area contributed by atoms with Crippen LogP contribution in [0.3, 0.4) is 0 Å². The van der Waals surface area contributed by atoms with Crippen molar-refractivity contribution in [2.45, 2.75) is 24.0 Å². The van der Waals surface area contributed by atoms with Crippen molar-refractivity contribution in [1.29, 1.82) is 0 Å². The zero-order valence-corrected chi connectivity index (χ0v) is 12.4. The molecule has 0 saturated carbocycles. The van der Waals surface area contributed by atoms with E-state index >= 15 is 0 Å². The number of carbonyl (C=O) groups is 1. The molecule has 3 N–H and O–H groups in total. The molecular formula is C16H18N2OS. The fourth-order valence-electron chi connectivity index (χ4n) is 1.73. The highest BCUT2D eigenvalue weighted by Gasteiger charge is 2.14. The number of thioether (sulfide) groups is 1. The quantitative estimate of drug-likeness (QED) is 0.665. The van der Waals surface area contributed by atoms with Gasteiger partial charge >= 0.3 is 0 Å². The minimum atomic E-state index is -0.182. The Hall–Kier alpha value is -1.94.